The van der Waals surface area contributed by atoms with Crippen molar-refractivity contribution < 1.29 is 4.79 Å². The van der Waals surface area contributed by atoms with Crippen molar-refractivity contribution in [3.05, 3.63) is 35.9 Å². The highest BCUT2D eigenvalue weighted by molar-refractivity contribution is 5.83. The number of hydrogen-bond acceptors (Lipinski definition) is 2. The molecule has 0 unspecified atom stereocenters. The number of nitrogens with zero attached hydrogens (tertiary/aromatic N) is 2. The Morgan fingerprint density at radius 2 is 1.61 bits per heavy atom. The van der Waals surface area contributed by atoms with Crippen LogP contribution in [0.15, 0.2) is 30.3 Å². The van der Waals surface area contributed by atoms with E-state index < -0.39 is 0 Å². The maximum Gasteiger partial charge on any atom is 0.226 e. The number of benzene rings is 1. The molecule has 124 valence electrons. The van der Waals surface area contributed by atoms with Gasteiger partial charge >= 0.3 is 0 Å². The van der Waals surface area contributed by atoms with Gasteiger partial charge in [0.2, 0.25) is 5.91 Å². The van der Waals surface area contributed by atoms with E-state index in [1.54, 1.807) is 0 Å². The van der Waals surface area contributed by atoms with Gasteiger partial charge in [-0.2, -0.15) is 0 Å². The molecule has 2 saturated carbocycles. The van der Waals surface area contributed by atoms with Gasteiger partial charge in [0.15, 0.2) is 0 Å². The lowest BCUT2D eigenvalue weighted by atomic mass is 9.94. The van der Waals surface area contributed by atoms with Crippen LogP contribution >= 0.6 is 0 Å². The second-order valence-corrected chi connectivity index (χ2v) is 7.51. The Morgan fingerprint density at radius 3 is 2.30 bits per heavy atom. The number of hydrogen-bond donors (Lipinski definition) is 0. The van der Waals surface area contributed by atoms with Crippen molar-refractivity contribution in [3.63, 3.8) is 0 Å². The molecule has 1 aliphatic heterocycles. The van der Waals surface area contributed by atoms with Crippen molar-refractivity contribution in [2.24, 2.45) is 5.92 Å². The zero-order chi connectivity index (χ0) is 15.6. The summed E-state index contributed by atoms with van der Waals surface area (Å²) < 4.78 is 0. The fourth-order valence-corrected chi connectivity index (χ4v) is 4.52. The highest BCUT2D eigenvalue weighted by Crippen LogP contribution is 2.48. The van der Waals surface area contributed by atoms with Crippen molar-refractivity contribution >= 4 is 5.91 Å². The Balaban J connectivity index is 1.28. The zero-order valence-corrected chi connectivity index (χ0v) is 14.0. The first-order valence-electron chi connectivity index (χ1n) is 9.41. The molecule has 1 heterocycles. The lowest BCUT2D eigenvalue weighted by Gasteiger charge is -2.40. The molecule has 0 N–H and O–H groups in total. The lowest BCUT2D eigenvalue weighted by molar-refractivity contribution is -0.134. The van der Waals surface area contributed by atoms with Gasteiger partial charge in [-0.05, 0) is 30.7 Å². The Hall–Kier alpha value is -1.35. The van der Waals surface area contributed by atoms with Crippen LogP contribution in [0, 0.1) is 5.92 Å². The quantitative estimate of drug-likeness (QED) is 0.855. The van der Waals surface area contributed by atoms with Crippen LogP contribution in [0.4, 0.5) is 0 Å². The molecule has 2 atom stereocenters. The van der Waals surface area contributed by atoms with Crippen LogP contribution in [0.3, 0.4) is 0 Å². The summed E-state index contributed by atoms with van der Waals surface area (Å²) in [4.78, 5) is 17.5. The number of rotatable bonds is 3. The predicted octanol–water partition coefficient (Wildman–Crippen LogP) is 3.27. The Kier molecular flexibility index (Phi) is 4.39. The fourth-order valence-electron chi connectivity index (χ4n) is 4.52. The van der Waals surface area contributed by atoms with Gasteiger partial charge in [-0.15, -0.1) is 0 Å². The summed E-state index contributed by atoms with van der Waals surface area (Å²) in [6.45, 7) is 4.04. The summed E-state index contributed by atoms with van der Waals surface area (Å²) >= 11 is 0. The van der Waals surface area contributed by atoms with Gasteiger partial charge in [0, 0.05) is 38.1 Å². The molecule has 0 aromatic heterocycles. The largest absolute Gasteiger partial charge is 0.340 e. The van der Waals surface area contributed by atoms with E-state index in [0.717, 1.165) is 38.6 Å². The average molecular weight is 312 g/mol. The van der Waals surface area contributed by atoms with Crippen molar-refractivity contribution in [2.45, 2.75) is 50.5 Å². The monoisotopic (exact) mass is 312 g/mol. The van der Waals surface area contributed by atoms with E-state index in [9.17, 15) is 4.79 Å². The van der Waals surface area contributed by atoms with Crippen molar-refractivity contribution in [3.8, 4) is 0 Å². The first-order chi connectivity index (χ1) is 11.3. The molecule has 3 heteroatoms. The van der Waals surface area contributed by atoms with Gasteiger partial charge in [-0.3, -0.25) is 9.69 Å². The molecular weight excluding hydrogens is 284 g/mol. The first kappa shape index (κ1) is 15.2. The topological polar surface area (TPSA) is 23.6 Å². The summed E-state index contributed by atoms with van der Waals surface area (Å²) in [7, 11) is 0. The van der Waals surface area contributed by atoms with E-state index in [2.05, 4.69) is 34.1 Å². The lowest BCUT2D eigenvalue weighted by Crippen LogP contribution is -2.52. The standard InChI is InChI=1S/C20H28N2O/c23-20(19-15-18(19)16-7-3-1-4-8-16)22-13-11-21(12-14-22)17-9-5-2-6-10-17/h1,3-4,7-8,17-19H,2,5-6,9-15H2/t18-,19+/m0/s1. The predicted molar refractivity (Wildman–Crippen MR) is 92.3 cm³/mol. The smallest absolute Gasteiger partial charge is 0.226 e. The van der Waals surface area contributed by atoms with Crippen LogP contribution < -0.4 is 0 Å². The second-order valence-electron chi connectivity index (χ2n) is 7.51. The molecular formula is C20H28N2O. The van der Waals surface area contributed by atoms with Crippen LogP contribution in [0.1, 0.15) is 50.0 Å². The molecule has 3 fully saturated rings. The molecule has 0 spiro atoms. The van der Waals surface area contributed by atoms with Gasteiger partial charge in [0.25, 0.3) is 0 Å². The van der Waals surface area contributed by atoms with Crippen LogP contribution in [0.2, 0.25) is 0 Å². The minimum atomic E-state index is 0.249. The van der Waals surface area contributed by atoms with Crippen molar-refractivity contribution in [1.82, 2.24) is 9.80 Å². The van der Waals surface area contributed by atoms with Crippen LogP contribution in [0.5, 0.6) is 0 Å². The SMILES string of the molecule is O=C([C@@H]1C[C@H]1c1ccccc1)N1CCN(C2CCCCC2)CC1. The minimum absolute atomic E-state index is 0.249. The first-order valence-corrected chi connectivity index (χ1v) is 9.41. The molecule has 3 aliphatic rings. The molecule has 4 rings (SSSR count). The summed E-state index contributed by atoms with van der Waals surface area (Å²) in [5.74, 6) is 1.13. The van der Waals surface area contributed by atoms with Gasteiger partial charge in [-0.25, -0.2) is 0 Å². The van der Waals surface area contributed by atoms with Crippen molar-refractivity contribution in [1.29, 1.82) is 0 Å². The third kappa shape index (κ3) is 3.30. The summed E-state index contributed by atoms with van der Waals surface area (Å²) in [5.41, 5.74) is 1.34. The summed E-state index contributed by atoms with van der Waals surface area (Å²) in [6.07, 6.45) is 7.98. The molecule has 3 nitrogen and oxygen atoms in total. The molecule has 1 aromatic carbocycles. The molecule has 1 saturated heterocycles. The van der Waals surface area contributed by atoms with E-state index in [0.29, 0.717) is 11.8 Å². The third-order valence-electron chi connectivity index (χ3n) is 6.05. The molecule has 0 radical (unpaired) electrons. The van der Waals surface area contributed by atoms with Crippen LogP contribution in [0.25, 0.3) is 0 Å². The fraction of sp³-hybridized carbons (Fsp3) is 0.650. The van der Waals surface area contributed by atoms with Gasteiger partial charge < -0.3 is 4.90 Å². The van der Waals surface area contributed by atoms with E-state index in [1.807, 2.05) is 6.07 Å². The Morgan fingerprint density at radius 1 is 0.913 bits per heavy atom. The minimum Gasteiger partial charge on any atom is -0.340 e. The maximum absolute atomic E-state index is 12.7. The van der Waals surface area contributed by atoms with Crippen molar-refractivity contribution in [2.75, 3.05) is 26.2 Å². The van der Waals surface area contributed by atoms with Gasteiger partial charge in [-0.1, -0.05) is 49.6 Å². The number of piperazine rings is 1. The van der Waals surface area contributed by atoms with Gasteiger partial charge in [0.1, 0.15) is 0 Å². The molecule has 0 bridgehead atoms. The normalized spacial score (nSPS) is 29.5. The summed E-state index contributed by atoms with van der Waals surface area (Å²) in [6, 6.07) is 11.3. The zero-order valence-electron chi connectivity index (χ0n) is 14.0. The van der Waals surface area contributed by atoms with Crippen LogP contribution in [-0.4, -0.2) is 47.9 Å². The number of amides is 1. The molecule has 1 aromatic rings. The van der Waals surface area contributed by atoms with Gasteiger partial charge in [0.05, 0.1) is 0 Å². The van der Waals surface area contributed by atoms with E-state index in [-0.39, 0.29) is 5.92 Å². The Labute approximate surface area is 139 Å². The summed E-state index contributed by atoms with van der Waals surface area (Å²) in [5, 5.41) is 0. The third-order valence-corrected chi connectivity index (χ3v) is 6.05. The maximum atomic E-state index is 12.7. The molecule has 1 amide bonds. The average Bonchev–Trinajstić information content (AvgIpc) is 3.44. The molecule has 23 heavy (non-hydrogen) atoms. The Bertz CT molecular complexity index is 530. The van der Waals surface area contributed by atoms with E-state index >= 15 is 0 Å². The van der Waals surface area contributed by atoms with Crippen LogP contribution in [-0.2, 0) is 4.79 Å². The van der Waals surface area contributed by atoms with E-state index in [1.165, 1.54) is 37.7 Å². The number of carbonyl (C=O) groups excluding carboxylic acids is 1. The highest BCUT2D eigenvalue weighted by atomic mass is 16.2. The molecule has 2 aliphatic carbocycles. The van der Waals surface area contributed by atoms with E-state index in [4.69, 9.17) is 0 Å². The highest BCUT2D eigenvalue weighted by Gasteiger charge is 2.46. The second kappa shape index (κ2) is 6.64. The number of carbonyl (C=O) groups is 1.